The van der Waals surface area contributed by atoms with E-state index in [9.17, 15) is 0 Å². The molecule has 0 aliphatic rings. The van der Waals surface area contributed by atoms with E-state index in [2.05, 4.69) is 47.6 Å². The van der Waals surface area contributed by atoms with Gasteiger partial charge in [-0.2, -0.15) is 0 Å². The van der Waals surface area contributed by atoms with Crippen LogP contribution in [0.1, 0.15) is 12.8 Å². The number of nitrogens with zero attached hydrogens (tertiary/aromatic N) is 2. The van der Waals surface area contributed by atoms with Crippen LogP contribution in [-0.2, 0) is 0 Å². The van der Waals surface area contributed by atoms with Crippen LogP contribution in [0.3, 0.4) is 0 Å². The molecule has 0 saturated carbocycles. The van der Waals surface area contributed by atoms with Crippen molar-refractivity contribution in [2.75, 3.05) is 68.5 Å². The summed E-state index contributed by atoms with van der Waals surface area (Å²) < 4.78 is 2.14. The molecule has 5 heteroatoms. The molecule has 0 radical (unpaired) electrons. The maximum atomic E-state index is 3.51. The van der Waals surface area contributed by atoms with Crippen molar-refractivity contribution in [2.24, 2.45) is 0 Å². The van der Waals surface area contributed by atoms with Gasteiger partial charge in [0.1, 0.15) is 0 Å². The lowest BCUT2D eigenvalue weighted by atomic mass is 10.3. The lowest BCUT2D eigenvalue weighted by Crippen LogP contribution is -3.00. The molecule has 0 aliphatic carbocycles. The Bertz CT molecular complexity index is 144. The van der Waals surface area contributed by atoms with Gasteiger partial charge >= 0.3 is 0 Å². The van der Waals surface area contributed by atoms with E-state index in [-0.39, 0.29) is 48.0 Å². The molecule has 0 rings (SSSR count). The third-order valence-corrected chi connectivity index (χ3v) is 2.36. The summed E-state index contributed by atoms with van der Waals surface area (Å²) in [5.74, 6) is 0. The van der Waals surface area contributed by atoms with Gasteiger partial charge in [-0.05, 0) is 0 Å². The highest BCUT2D eigenvalue weighted by Gasteiger charge is 2.06. The van der Waals surface area contributed by atoms with Crippen LogP contribution in [0.15, 0.2) is 0 Å². The van der Waals surface area contributed by atoms with E-state index in [4.69, 9.17) is 0 Å². The molecule has 0 unspecified atom stereocenters. The Morgan fingerprint density at radius 3 is 1.18 bits per heavy atom. The molecular weight excluding hydrogens is 440 g/mol. The van der Waals surface area contributed by atoms with E-state index in [0.29, 0.717) is 0 Å². The molecular formula is C12H31I2N3. The maximum absolute atomic E-state index is 3.51. The molecule has 0 spiro atoms. The van der Waals surface area contributed by atoms with Crippen molar-refractivity contribution < 1.29 is 56.9 Å². The summed E-state index contributed by atoms with van der Waals surface area (Å²) >= 11 is 0. The van der Waals surface area contributed by atoms with Gasteiger partial charge in [-0.15, -0.1) is 0 Å². The summed E-state index contributed by atoms with van der Waals surface area (Å²) in [6.45, 7) is 4.82. The zero-order valence-electron chi connectivity index (χ0n) is 12.4. The highest BCUT2D eigenvalue weighted by atomic mass is 127. The lowest BCUT2D eigenvalue weighted by Gasteiger charge is -2.24. The Labute approximate surface area is 143 Å². The summed E-state index contributed by atoms with van der Waals surface area (Å²) in [7, 11) is 13.5. The lowest BCUT2D eigenvalue weighted by molar-refractivity contribution is -0.870. The third-order valence-electron chi connectivity index (χ3n) is 2.36. The average Bonchev–Trinajstić information content (AvgIpc) is 1.98. The van der Waals surface area contributed by atoms with Crippen molar-refractivity contribution in [3.8, 4) is 0 Å². The summed E-state index contributed by atoms with van der Waals surface area (Å²) in [6.07, 6.45) is 2.54. The van der Waals surface area contributed by atoms with Gasteiger partial charge in [0.15, 0.2) is 0 Å². The van der Waals surface area contributed by atoms with Crippen molar-refractivity contribution in [1.29, 1.82) is 0 Å². The molecule has 17 heavy (non-hydrogen) atoms. The molecule has 0 heterocycles. The Morgan fingerprint density at radius 2 is 0.941 bits per heavy atom. The summed E-state index contributed by atoms with van der Waals surface area (Å²) in [6, 6.07) is 0. The van der Waals surface area contributed by atoms with E-state index in [1.165, 1.54) is 25.9 Å². The van der Waals surface area contributed by atoms with Gasteiger partial charge in [0.2, 0.25) is 0 Å². The third kappa shape index (κ3) is 22.9. The molecule has 0 aromatic rings. The van der Waals surface area contributed by atoms with Crippen LogP contribution in [-0.4, -0.2) is 77.4 Å². The molecule has 0 aromatic heterocycles. The van der Waals surface area contributed by atoms with E-state index >= 15 is 0 Å². The summed E-state index contributed by atoms with van der Waals surface area (Å²) in [5.41, 5.74) is 0. The normalized spacial score (nSPS) is 11.6. The highest BCUT2D eigenvalue weighted by Crippen LogP contribution is 1.93. The van der Waals surface area contributed by atoms with Gasteiger partial charge in [-0.25, -0.2) is 0 Å². The first kappa shape index (κ1) is 23.4. The molecule has 1 N–H and O–H groups in total. The predicted molar refractivity (Wildman–Crippen MR) is 67.9 cm³/mol. The standard InChI is InChI=1S/C12H31N3.2HI/c1-14(2,3)11-7-9-13-10-8-12-15(4,5)6;;/h13H,7-12H2,1-6H3;2*1H/q+2;;/p-2. The zero-order chi connectivity index (χ0) is 11.9. The van der Waals surface area contributed by atoms with Crippen molar-refractivity contribution in [3.63, 3.8) is 0 Å². The topological polar surface area (TPSA) is 12.0 Å². The van der Waals surface area contributed by atoms with E-state index in [1.807, 2.05) is 0 Å². The predicted octanol–water partition coefficient (Wildman–Crippen LogP) is -5.22. The van der Waals surface area contributed by atoms with Crippen LogP contribution < -0.4 is 53.3 Å². The van der Waals surface area contributed by atoms with Crippen LogP contribution in [0, 0.1) is 0 Å². The van der Waals surface area contributed by atoms with Crippen LogP contribution in [0.2, 0.25) is 0 Å². The second-order valence-electron chi connectivity index (χ2n) is 6.48. The van der Waals surface area contributed by atoms with Crippen LogP contribution in [0.4, 0.5) is 0 Å². The van der Waals surface area contributed by atoms with Crippen molar-refractivity contribution >= 4 is 0 Å². The van der Waals surface area contributed by atoms with E-state index < -0.39 is 0 Å². The van der Waals surface area contributed by atoms with Crippen molar-refractivity contribution in [1.82, 2.24) is 5.32 Å². The van der Waals surface area contributed by atoms with Gasteiger partial charge in [-0.1, -0.05) is 0 Å². The summed E-state index contributed by atoms with van der Waals surface area (Å²) in [4.78, 5) is 0. The monoisotopic (exact) mass is 471 g/mol. The zero-order valence-corrected chi connectivity index (χ0v) is 16.7. The smallest absolute Gasteiger partial charge is 0.0792 e. The first-order chi connectivity index (χ1) is 6.71. The quantitative estimate of drug-likeness (QED) is 0.212. The number of quaternary nitrogens is 2. The maximum Gasteiger partial charge on any atom is 0.0792 e. The van der Waals surface area contributed by atoms with E-state index in [1.54, 1.807) is 0 Å². The van der Waals surface area contributed by atoms with Gasteiger partial charge in [0.05, 0.1) is 55.4 Å². The molecule has 0 aromatic carbocycles. The number of hydrogen-bond donors (Lipinski definition) is 1. The number of halogens is 2. The minimum atomic E-state index is 0. The van der Waals surface area contributed by atoms with Crippen LogP contribution in [0.25, 0.3) is 0 Å². The number of nitrogens with one attached hydrogen (secondary N) is 1. The Morgan fingerprint density at radius 1 is 0.647 bits per heavy atom. The Balaban J connectivity index is -0.000000980. The molecule has 0 atom stereocenters. The molecule has 108 valence electrons. The Hall–Kier alpha value is 1.34. The first-order valence-electron chi connectivity index (χ1n) is 6.02. The van der Waals surface area contributed by atoms with Gasteiger partial charge < -0.3 is 62.2 Å². The van der Waals surface area contributed by atoms with Gasteiger partial charge in [0, 0.05) is 25.9 Å². The minimum Gasteiger partial charge on any atom is -1.00 e. The minimum absolute atomic E-state index is 0. The molecule has 0 aliphatic heterocycles. The fourth-order valence-electron chi connectivity index (χ4n) is 1.48. The first-order valence-corrected chi connectivity index (χ1v) is 6.02. The van der Waals surface area contributed by atoms with Crippen molar-refractivity contribution in [2.45, 2.75) is 12.8 Å². The average molecular weight is 471 g/mol. The molecule has 3 nitrogen and oxygen atoms in total. The van der Waals surface area contributed by atoms with Crippen LogP contribution in [0.5, 0.6) is 0 Å². The molecule has 0 saturated heterocycles. The second-order valence-corrected chi connectivity index (χ2v) is 6.48. The Kier molecular flexibility index (Phi) is 15.4. The highest BCUT2D eigenvalue weighted by molar-refractivity contribution is 4.47. The molecule has 0 fully saturated rings. The second kappa shape index (κ2) is 11.2. The molecule has 0 amide bonds. The number of rotatable bonds is 8. The fourth-order valence-corrected chi connectivity index (χ4v) is 1.48. The fraction of sp³-hybridized carbons (Fsp3) is 1.00. The van der Waals surface area contributed by atoms with Gasteiger partial charge in [0.25, 0.3) is 0 Å². The van der Waals surface area contributed by atoms with E-state index in [0.717, 1.165) is 22.1 Å². The SMILES string of the molecule is C[N+](C)(C)CCCNCCC[N+](C)(C)C.[I-].[I-]. The number of hydrogen-bond acceptors (Lipinski definition) is 1. The summed E-state index contributed by atoms with van der Waals surface area (Å²) in [5, 5.41) is 3.51. The molecule has 0 bridgehead atoms. The van der Waals surface area contributed by atoms with Gasteiger partial charge in [-0.3, -0.25) is 0 Å². The van der Waals surface area contributed by atoms with Crippen LogP contribution >= 0.6 is 0 Å². The van der Waals surface area contributed by atoms with Crippen molar-refractivity contribution in [3.05, 3.63) is 0 Å². The largest absolute Gasteiger partial charge is 1.00 e.